The SMILES string of the molecule is O=C(Nc1ccncc1O)N[C@@H]1CC1c1ccccc1F. The highest BCUT2D eigenvalue weighted by Gasteiger charge is 2.41. The third-order valence-electron chi connectivity index (χ3n) is 3.46. The number of amides is 2. The Balaban J connectivity index is 1.58. The van der Waals surface area contributed by atoms with E-state index < -0.39 is 6.03 Å². The molecule has 0 aliphatic heterocycles. The van der Waals surface area contributed by atoms with Gasteiger partial charge in [-0.2, -0.15) is 0 Å². The van der Waals surface area contributed by atoms with E-state index in [0.29, 0.717) is 12.0 Å². The number of hydrogen-bond donors (Lipinski definition) is 3. The van der Waals surface area contributed by atoms with Crippen molar-refractivity contribution in [2.24, 2.45) is 0 Å². The van der Waals surface area contributed by atoms with E-state index in [1.54, 1.807) is 18.2 Å². The van der Waals surface area contributed by atoms with Gasteiger partial charge in [0.15, 0.2) is 5.75 Å². The molecule has 0 bridgehead atoms. The highest BCUT2D eigenvalue weighted by molar-refractivity contribution is 5.91. The molecule has 3 N–H and O–H groups in total. The number of aromatic hydroxyl groups is 1. The van der Waals surface area contributed by atoms with Crippen LogP contribution in [0.1, 0.15) is 17.9 Å². The Kier molecular flexibility index (Phi) is 3.43. The van der Waals surface area contributed by atoms with Gasteiger partial charge in [0.2, 0.25) is 0 Å². The minimum absolute atomic E-state index is 0.00277. The summed E-state index contributed by atoms with van der Waals surface area (Å²) in [5.74, 6) is -0.351. The smallest absolute Gasteiger partial charge is 0.319 e. The number of hydrogen-bond acceptors (Lipinski definition) is 3. The molecule has 1 aromatic heterocycles. The van der Waals surface area contributed by atoms with Crippen molar-refractivity contribution in [2.45, 2.75) is 18.4 Å². The third kappa shape index (κ3) is 2.94. The second-order valence-electron chi connectivity index (χ2n) is 4.96. The van der Waals surface area contributed by atoms with Crippen molar-refractivity contribution < 1.29 is 14.3 Å². The first kappa shape index (κ1) is 13.4. The topological polar surface area (TPSA) is 74.2 Å². The predicted molar refractivity (Wildman–Crippen MR) is 75.6 cm³/mol. The van der Waals surface area contributed by atoms with Crippen LogP contribution < -0.4 is 10.6 Å². The number of anilines is 1. The van der Waals surface area contributed by atoms with Gasteiger partial charge in [0.05, 0.1) is 11.9 Å². The van der Waals surface area contributed by atoms with E-state index in [9.17, 15) is 14.3 Å². The fraction of sp³-hybridized carbons (Fsp3) is 0.200. The highest BCUT2D eigenvalue weighted by Crippen LogP contribution is 2.41. The molecule has 1 unspecified atom stereocenters. The average molecular weight is 287 g/mol. The minimum Gasteiger partial charge on any atom is -0.504 e. The molecule has 0 saturated heterocycles. The summed E-state index contributed by atoms with van der Waals surface area (Å²) >= 11 is 0. The van der Waals surface area contributed by atoms with Gasteiger partial charge in [0.25, 0.3) is 0 Å². The van der Waals surface area contributed by atoms with Crippen molar-refractivity contribution in [1.29, 1.82) is 0 Å². The lowest BCUT2D eigenvalue weighted by Crippen LogP contribution is -2.31. The Morgan fingerprint density at radius 2 is 2.14 bits per heavy atom. The quantitative estimate of drug-likeness (QED) is 0.812. The maximum atomic E-state index is 13.6. The molecular formula is C15H14FN3O2. The van der Waals surface area contributed by atoms with E-state index in [1.165, 1.54) is 24.5 Å². The molecule has 1 aliphatic rings. The van der Waals surface area contributed by atoms with Crippen LogP contribution in [0.25, 0.3) is 0 Å². The van der Waals surface area contributed by atoms with E-state index >= 15 is 0 Å². The lowest BCUT2D eigenvalue weighted by Gasteiger charge is -2.08. The van der Waals surface area contributed by atoms with Gasteiger partial charge < -0.3 is 15.7 Å². The van der Waals surface area contributed by atoms with Gasteiger partial charge in [-0.3, -0.25) is 4.98 Å². The maximum Gasteiger partial charge on any atom is 0.319 e. The summed E-state index contributed by atoms with van der Waals surface area (Å²) < 4.78 is 13.6. The van der Waals surface area contributed by atoms with Crippen LogP contribution in [-0.2, 0) is 0 Å². The molecule has 6 heteroatoms. The van der Waals surface area contributed by atoms with E-state index in [-0.39, 0.29) is 29.2 Å². The number of aromatic nitrogens is 1. The summed E-state index contributed by atoms with van der Waals surface area (Å²) in [5, 5.41) is 14.8. The molecule has 1 saturated carbocycles. The summed E-state index contributed by atoms with van der Waals surface area (Å²) in [7, 11) is 0. The first-order valence-corrected chi connectivity index (χ1v) is 6.60. The van der Waals surface area contributed by atoms with Crippen LogP contribution in [0.3, 0.4) is 0 Å². The van der Waals surface area contributed by atoms with E-state index in [2.05, 4.69) is 15.6 Å². The average Bonchev–Trinajstić information content (AvgIpc) is 3.21. The second-order valence-corrected chi connectivity index (χ2v) is 4.96. The molecule has 2 aromatic rings. The predicted octanol–water partition coefficient (Wildman–Crippen LogP) is 2.60. The van der Waals surface area contributed by atoms with Crippen LogP contribution in [0.5, 0.6) is 5.75 Å². The normalized spacial score (nSPS) is 19.9. The summed E-state index contributed by atoms with van der Waals surface area (Å²) in [5.41, 5.74) is 0.903. The Labute approximate surface area is 120 Å². The molecule has 1 aliphatic carbocycles. The molecule has 1 aromatic carbocycles. The van der Waals surface area contributed by atoms with Crippen LogP contribution in [0.4, 0.5) is 14.9 Å². The number of benzene rings is 1. The summed E-state index contributed by atoms with van der Waals surface area (Å²) in [6.45, 7) is 0. The molecule has 108 valence electrons. The van der Waals surface area contributed by atoms with Crippen LogP contribution in [0.2, 0.25) is 0 Å². The fourth-order valence-electron chi connectivity index (χ4n) is 2.29. The van der Waals surface area contributed by atoms with Crippen molar-refractivity contribution in [1.82, 2.24) is 10.3 Å². The number of rotatable bonds is 3. The monoisotopic (exact) mass is 287 g/mol. The fourth-order valence-corrected chi connectivity index (χ4v) is 2.29. The van der Waals surface area contributed by atoms with Gasteiger partial charge in [0, 0.05) is 18.2 Å². The van der Waals surface area contributed by atoms with Crippen molar-refractivity contribution >= 4 is 11.7 Å². The lowest BCUT2D eigenvalue weighted by molar-refractivity contribution is 0.251. The molecule has 1 heterocycles. The highest BCUT2D eigenvalue weighted by atomic mass is 19.1. The van der Waals surface area contributed by atoms with Gasteiger partial charge in [-0.15, -0.1) is 0 Å². The Hall–Kier alpha value is -2.63. The Morgan fingerprint density at radius 1 is 1.33 bits per heavy atom. The van der Waals surface area contributed by atoms with Crippen molar-refractivity contribution in [3.63, 3.8) is 0 Å². The zero-order chi connectivity index (χ0) is 14.8. The molecule has 2 amide bonds. The zero-order valence-corrected chi connectivity index (χ0v) is 11.1. The van der Waals surface area contributed by atoms with E-state index in [1.807, 2.05) is 0 Å². The van der Waals surface area contributed by atoms with Crippen LogP contribution in [0.15, 0.2) is 42.7 Å². The summed E-state index contributed by atoms with van der Waals surface area (Å²) in [6, 6.07) is 7.54. The number of urea groups is 1. The largest absolute Gasteiger partial charge is 0.504 e. The number of halogens is 1. The van der Waals surface area contributed by atoms with E-state index in [0.717, 1.165) is 0 Å². The zero-order valence-electron chi connectivity index (χ0n) is 11.1. The van der Waals surface area contributed by atoms with Crippen molar-refractivity contribution in [3.8, 4) is 5.75 Å². The number of pyridine rings is 1. The lowest BCUT2D eigenvalue weighted by atomic mass is 10.1. The van der Waals surface area contributed by atoms with Crippen LogP contribution in [0, 0.1) is 5.82 Å². The van der Waals surface area contributed by atoms with Crippen molar-refractivity contribution in [2.75, 3.05) is 5.32 Å². The first-order valence-electron chi connectivity index (χ1n) is 6.60. The molecule has 2 atom stereocenters. The Morgan fingerprint density at radius 3 is 2.90 bits per heavy atom. The van der Waals surface area contributed by atoms with Crippen LogP contribution in [-0.4, -0.2) is 22.2 Å². The number of nitrogens with one attached hydrogen (secondary N) is 2. The number of carbonyl (C=O) groups is 1. The minimum atomic E-state index is -0.430. The summed E-state index contributed by atoms with van der Waals surface area (Å²) in [6.07, 6.45) is 3.42. The van der Waals surface area contributed by atoms with Crippen LogP contribution >= 0.6 is 0 Å². The molecule has 3 rings (SSSR count). The van der Waals surface area contributed by atoms with Crippen molar-refractivity contribution in [3.05, 3.63) is 54.1 Å². The second kappa shape index (κ2) is 5.40. The Bertz CT molecular complexity index is 677. The molecule has 1 fully saturated rings. The number of nitrogens with zero attached hydrogens (tertiary/aromatic N) is 1. The standard InChI is InChI=1S/C15H14FN3O2/c16-11-4-2-1-3-9(11)10-7-13(10)19-15(21)18-12-5-6-17-8-14(12)20/h1-6,8,10,13,20H,7H2,(H2,17,18,19,21)/t10?,13-/m1/s1. The molecule has 21 heavy (non-hydrogen) atoms. The van der Waals surface area contributed by atoms with E-state index in [4.69, 9.17) is 0 Å². The van der Waals surface area contributed by atoms with Gasteiger partial charge in [-0.25, -0.2) is 9.18 Å². The molecule has 5 nitrogen and oxygen atoms in total. The van der Waals surface area contributed by atoms with Gasteiger partial charge in [-0.05, 0) is 24.1 Å². The van der Waals surface area contributed by atoms with Gasteiger partial charge in [0.1, 0.15) is 5.82 Å². The summed E-state index contributed by atoms with van der Waals surface area (Å²) in [4.78, 5) is 15.6. The van der Waals surface area contributed by atoms with Gasteiger partial charge in [-0.1, -0.05) is 18.2 Å². The first-order chi connectivity index (χ1) is 10.1. The van der Waals surface area contributed by atoms with Gasteiger partial charge >= 0.3 is 6.03 Å². The molecule has 0 spiro atoms. The number of carbonyl (C=O) groups excluding carboxylic acids is 1. The molecular weight excluding hydrogens is 273 g/mol. The maximum absolute atomic E-state index is 13.6. The third-order valence-corrected chi connectivity index (χ3v) is 3.46. The molecule has 0 radical (unpaired) electrons.